The molecule has 3 aromatic carbocycles. The standard InChI is InChI=1S/C22H14N6O3S/c29-21(14-8-9-18(19(11-14)28(30)31)27-13-23-12-24-27)25-16-5-3-4-15(10-16)22-26-17-6-1-2-7-20(17)32-22/h1-13H,(H,25,29). The van der Waals surface area contributed by atoms with E-state index in [0.717, 1.165) is 20.8 Å². The fourth-order valence-electron chi connectivity index (χ4n) is 3.27. The van der Waals surface area contributed by atoms with Crippen molar-refractivity contribution in [2.45, 2.75) is 0 Å². The molecule has 32 heavy (non-hydrogen) atoms. The summed E-state index contributed by atoms with van der Waals surface area (Å²) in [5.41, 5.74) is 2.49. The minimum absolute atomic E-state index is 0.158. The van der Waals surface area contributed by atoms with Crippen molar-refractivity contribution in [1.29, 1.82) is 0 Å². The van der Waals surface area contributed by atoms with Gasteiger partial charge >= 0.3 is 0 Å². The van der Waals surface area contributed by atoms with Crippen molar-refractivity contribution < 1.29 is 9.72 Å². The summed E-state index contributed by atoms with van der Waals surface area (Å²) in [7, 11) is 0. The number of thiazole rings is 1. The topological polar surface area (TPSA) is 116 Å². The summed E-state index contributed by atoms with van der Waals surface area (Å²) in [6.45, 7) is 0. The molecule has 5 aromatic rings. The maximum Gasteiger partial charge on any atom is 0.295 e. The fourth-order valence-corrected chi connectivity index (χ4v) is 4.23. The second-order valence-electron chi connectivity index (χ2n) is 6.82. The van der Waals surface area contributed by atoms with E-state index >= 15 is 0 Å². The Labute approximate surface area is 185 Å². The van der Waals surface area contributed by atoms with Crippen LogP contribution in [0.3, 0.4) is 0 Å². The van der Waals surface area contributed by atoms with Gasteiger partial charge in [0.25, 0.3) is 11.6 Å². The van der Waals surface area contributed by atoms with Crippen LogP contribution in [0.5, 0.6) is 0 Å². The first-order chi connectivity index (χ1) is 15.6. The zero-order chi connectivity index (χ0) is 22.1. The number of amides is 1. The van der Waals surface area contributed by atoms with Gasteiger partial charge in [0.05, 0.1) is 15.1 Å². The first-order valence-corrected chi connectivity index (χ1v) is 10.3. The van der Waals surface area contributed by atoms with Crippen LogP contribution >= 0.6 is 11.3 Å². The number of hydrogen-bond acceptors (Lipinski definition) is 7. The smallest absolute Gasteiger partial charge is 0.295 e. The fraction of sp³-hybridized carbons (Fsp3) is 0. The van der Waals surface area contributed by atoms with E-state index in [1.807, 2.05) is 42.5 Å². The van der Waals surface area contributed by atoms with Gasteiger partial charge in [-0.15, -0.1) is 11.3 Å². The molecular weight excluding hydrogens is 428 g/mol. The summed E-state index contributed by atoms with van der Waals surface area (Å²) < 4.78 is 2.36. The van der Waals surface area contributed by atoms with Crippen LogP contribution in [0.2, 0.25) is 0 Å². The average Bonchev–Trinajstić information content (AvgIpc) is 3.49. The van der Waals surface area contributed by atoms with Crippen LogP contribution < -0.4 is 5.32 Å². The minimum atomic E-state index is -0.554. The molecule has 156 valence electrons. The van der Waals surface area contributed by atoms with Crippen LogP contribution in [0.25, 0.3) is 26.5 Å². The van der Waals surface area contributed by atoms with Crippen LogP contribution in [-0.2, 0) is 0 Å². The third-order valence-electron chi connectivity index (χ3n) is 4.76. The second-order valence-corrected chi connectivity index (χ2v) is 7.85. The summed E-state index contributed by atoms with van der Waals surface area (Å²) >= 11 is 1.57. The Hall–Kier alpha value is -4.44. The van der Waals surface area contributed by atoms with Gasteiger partial charge in [-0.05, 0) is 36.4 Å². The van der Waals surface area contributed by atoms with Crippen molar-refractivity contribution in [1.82, 2.24) is 19.7 Å². The highest BCUT2D eigenvalue weighted by Crippen LogP contribution is 2.31. The van der Waals surface area contributed by atoms with Crippen molar-refractivity contribution in [2.24, 2.45) is 0 Å². The number of fused-ring (bicyclic) bond motifs is 1. The van der Waals surface area contributed by atoms with E-state index in [0.29, 0.717) is 5.69 Å². The lowest BCUT2D eigenvalue weighted by atomic mass is 10.1. The van der Waals surface area contributed by atoms with Crippen LogP contribution in [-0.4, -0.2) is 30.6 Å². The maximum absolute atomic E-state index is 12.8. The van der Waals surface area contributed by atoms with E-state index in [1.165, 1.54) is 35.5 Å². The molecule has 2 aromatic heterocycles. The Morgan fingerprint density at radius 1 is 1.06 bits per heavy atom. The molecule has 0 atom stereocenters. The molecule has 10 heteroatoms. The summed E-state index contributed by atoms with van der Waals surface area (Å²) in [5, 5.41) is 19.1. The zero-order valence-corrected chi connectivity index (χ0v) is 17.2. The number of rotatable bonds is 5. The van der Waals surface area contributed by atoms with E-state index in [9.17, 15) is 14.9 Å². The van der Waals surface area contributed by atoms with Gasteiger partial charge in [0.1, 0.15) is 23.3 Å². The predicted octanol–water partition coefficient (Wildman–Crippen LogP) is 4.70. The molecule has 0 aliphatic carbocycles. The molecule has 2 heterocycles. The number of anilines is 1. The number of nitrogens with one attached hydrogen (secondary N) is 1. The van der Waals surface area contributed by atoms with Gasteiger partial charge < -0.3 is 5.32 Å². The van der Waals surface area contributed by atoms with Gasteiger partial charge in [0.2, 0.25) is 0 Å². The SMILES string of the molecule is O=C(Nc1cccc(-c2nc3ccccc3s2)c1)c1ccc(-n2cncn2)c([N+](=O)[O-])c1. The van der Waals surface area contributed by atoms with Crippen molar-refractivity contribution in [3.63, 3.8) is 0 Å². The van der Waals surface area contributed by atoms with Crippen molar-refractivity contribution in [2.75, 3.05) is 5.32 Å². The molecule has 9 nitrogen and oxygen atoms in total. The Balaban J connectivity index is 1.42. The molecule has 0 unspecified atom stereocenters. The quantitative estimate of drug-likeness (QED) is 0.311. The van der Waals surface area contributed by atoms with Gasteiger partial charge in [0.15, 0.2) is 0 Å². The number of hydrogen-bond donors (Lipinski definition) is 1. The van der Waals surface area contributed by atoms with E-state index in [1.54, 1.807) is 17.4 Å². The third kappa shape index (κ3) is 3.70. The molecule has 0 aliphatic heterocycles. The monoisotopic (exact) mass is 442 g/mol. The Morgan fingerprint density at radius 3 is 2.72 bits per heavy atom. The second kappa shape index (κ2) is 8.00. The van der Waals surface area contributed by atoms with E-state index in [2.05, 4.69) is 20.4 Å². The van der Waals surface area contributed by atoms with Crippen LogP contribution in [0.15, 0.2) is 79.4 Å². The van der Waals surface area contributed by atoms with Crippen LogP contribution in [0.4, 0.5) is 11.4 Å². The largest absolute Gasteiger partial charge is 0.322 e. The van der Waals surface area contributed by atoms with Gasteiger partial charge in [-0.2, -0.15) is 5.10 Å². The molecule has 0 saturated carbocycles. The van der Waals surface area contributed by atoms with Crippen molar-refractivity contribution >= 4 is 38.8 Å². The maximum atomic E-state index is 12.8. The van der Waals surface area contributed by atoms with Crippen molar-refractivity contribution in [3.8, 4) is 16.3 Å². The highest BCUT2D eigenvalue weighted by atomic mass is 32.1. The molecule has 1 amide bonds. The molecule has 0 aliphatic rings. The Kier molecular flexibility index (Phi) is 4.88. The van der Waals surface area contributed by atoms with Gasteiger partial charge in [0, 0.05) is 22.9 Å². The highest BCUT2D eigenvalue weighted by Gasteiger charge is 2.19. The lowest BCUT2D eigenvalue weighted by molar-refractivity contribution is -0.384. The number of benzene rings is 3. The normalized spacial score (nSPS) is 10.9. The molecule has 5 rings (SSSR count). The van der Waals surface area contributed by atoms with Crippen LogP contribution in [0, 0.1) is 10.1 Å². The number of carbonyl (C=O) groups is 1. The van der Waals surface area contributed by atoms with Crippen molar-refractivity contribution in [3.05, 3.63) is 95.1 Å². The summed E-state index contributed by atoms with van der Waals surface area (Å²) in [5.74, 6) is -0.459. The number of carbonyl (C=O) groups excluding carboxylic acids is 1. The molecule has 0 fully saturated rings. The first-order valence-electron chi connectivity index (χ1n) is 9.49. The number of nitro groups is 1. The Morgan fingerprint density at radius 2 is 1.94 bits per heavy atom. The van der Waals surface area contributed by atoms with Gasteiger partial charge in [-0.1, -0.05) is 24.3 Å². The lowest BCUT2D eigenvalue weighted by Gasteiger charge is -2.08. The minimum Gasteiger partial charge on any atom is -0.322 e. The lowest BCUT2D eigenvalue weighted by Crippen LogP contribution is -2.13. The number of aromatic nitrogens is 4. The average molecular weight is 442 g/mol. The predicted molar refractivity (Wildman–Crippen MR) is 121 cm³/mol. The molecule has 1 N–H and O–H groups in total. The van der Waals surface area contributed by atoms with Crippen LogP contribution in [0.1, 0.15) is 10.4 Å². The highest BCUT2D eigenvalue weighted by molar-refractivity contribution is 7.21. The Bertz CT molecular complexity index is 1430. The van der Waals surface area contributed by atoms with E-state index < -0.39 is 10.8 Å². The molecular formula is C22H14N6O3S. The van der Waals surface area contributed by atoms with E-state index in [4.69, 9.17) is 0 Å². The molecule has 0 saturated heterocycles. The summed E-state index contributed by atoms with van der Waals surface area (Å²) in [6, 6.07) is 19.4. The molecule has 0 spiro atoms. The first kappa shape index (κ1) is 19.5. The summed E-state index contributed by atoms with van der Waals surface area (Å²) in [4.78, 5) is 32.2. The zero-order valence-electron chi connectivity index (χ0n) is 16.4. The molecule has 0 bridgehead atoms. The van der Waals surface area contributed by atoms with E-state index in [-0.39, 0.29) is 16.9 Å². The number of nitrogens with zero attached hydrogens (tertiary/aromatic N) is 5. The number of nitro benzene ring substituents is 1. The number of para-hydroxylation sites is 1. The van der Waals surface area contributed by atoms with Gasteiger partial charge in [-0.3, -0.25) is 14.9 Å². The molecule has 0 radical (unpaired) electrons. The third-order valence-corrected chi connectivity index (χ3v) is 5.85. The summed E-state index contributed by atoms with van der Waals surface area (Å²) in [6.07, 6.45) is 2.64. The van der Waals surface area contributed by atoms with Gasteiger partial charge in [-0.25, -0.2) is 14.6 Å².